The fourth-order valence-electron chi connectivity index (χ4n) is 1.65. The summed E-state index contributed by atoms with van der Waals surface area (Å²) >= 11 is 0. The lowest BCUT2D eigenvalue weighted by Gasteiger charge is -2.18. The SMILES string of the molecule is CCCc1cc(C(=O)O)cc(N(C)CC(=O)NC)n1. The maximum Gasteiger partial charge on any atom is 0.335 e. The van der Waals surface area contributed by atoms with Crippen LogP contribution in [0.15, 0.2) is 12.1 Å². The highest BCUT2D eigenvalue weighted by atomic mass is 16.4. The number of carbonyl (C=O) groups is 2. The minimum atomic E-state index is -0.991. The monoisotopic (exact) mass is 265 g/mol. The molecule has 0 atom stereocenters. The van der Waals surface area contributed by atoms with Crippen LogP contribution in [-0.2, 0) is 11.2 Å². The molecule has 0 aromatic carbocycles. The number of aryl methyl sites for hydroxylation is 1. The molecule has 1 heterocycles. The molecule has 0 aliphatic heterocycles. The molecule has 0 saturated carbocycles. The highest BCUT2D eigenvalue weighted by Crippen LogP contribution is 2.15. The van der Waals surface area contributed by atoms with E-state index in [0.29, 0.717) is 12.2 Å². The Balaban J connectivity index is 3.04. The first-order chi connectivity index (χ1) is 8.97. The van der Waals surface area contributed by atoms with Crippen molar-refractivity contribution in [2.45, 2.75) is 19.8 Å². The quantitative estimate of drug-likeness (QED) is 0.799. The molecule has 19 heavy (non-hydrogen) atoms. The van der Waals surface area contributed by atoms with Gasteiger partial charge in [-0.2, -0.15) is 0 Å². The van der Waals surface area contributed by atoms with Gasteiger partial charge in [-0.3, -0.25) is 4.79 Å². The lowest BCUT2D eigenvalue weighted by atomic mass is 10.1. The summed E-state index contributed by atoms with van der Waals surface area (Å²) in [6, 6.07) is 3.05. The molecule has 2 N–H and O–H groups in total. The van der Waals surface area contributed by atoms with E-state index >= 15 is 0 Å². The summed E-state index contributed by atoms with van der Waals surface area (Å²) in [5, 5.41) is 11.6. The van der Waals surface area contributed by atoms with Gasteiger partial charge in [0.05, 0.1) is 12.1 Å². The van der Waals surface area contributed by atoms with Crippen LogP contribution < -0.4 is 10.2 Å². The van der Waals surface area contributed by atoms with Crippen molar-refractivity contribution < 1.29 is 14.7 Å². The molecule has 1 rings (SSSR count). The molecule has 0 saturated heterocycles. The molecule has 104 valence electrons. The van der Waals surface area contributed by atoms with E-state index in [-0.39, 0.29) is 18.0 Å². The van der Waals surface area contributed by atoms with E-state index in [9.17, 15) is 9.59 Å². The predicted molar refractivity (Wildman–Crippen MR) is 72.5 cm³/mol. The van der Waals surface area contributed by atoms with Crippen LogP contribution in [-0.4, -0.2) is 42.6 Å². The Morgan fingerprint density at radius 2 is 2.11 bits per heavy atom. The molecule has 1 amide bonds. The van der Waals surface area contributed by atoms with Crippen molar-refractivity contribution in [3.8, 4) is 0 Å². The van der Waals surface area contributed by atoms with Crippen LogP contribution >= 0.6 is 0 Å². The van der Waals surface area contributed by atoms with E-state index in [0.717, 1.165) is 12.1 Å². The zero-order valence-corrected chi connectivity index (χ0v) is 11.4. The van der Waals surface area contributed by atoms with E-state index in [1.807, 2.05) is 6.92 Å². The number of carboxylic acid groups (broad SMARTS) is 1. The third-order valence-electron chi connectivity index (χ3n) is 2.67. The second-order valence-corrected chi connectivity index (χ2v) is 4.29. The maximum absolute atomic E-state index is 11.3. The Kier molecular flexibility index (Phi) is 5.29. The third kappa shape index (κ3) is 4.24. The molecule has 0 fully saturated rings. The van der Waals surface area contributed by atoms with Gasteiger partial charge >= 0.3 is 5.97 Å². The van der Waals surface area contributed by atoms with E-state index in [1.54, 1.807) is 25.1 Å². The number of nitrogens with zero attached hydrogens (tertiary/aromatic N) is 2. The van der Waals surface area contributed by atoms with Gasteiger partial charge in [0, 0.05) is 19.8 Å². The van der Waals surface area contributed by atoms with Crippen LogP contribution in [0.2, 0.25) is 0 Å². The standard InChI is InChI=1S/C13H19N3O3/c1-4-5-10-6-9(13(18)19)7-11(15-10)16(3)8-12(17)14-2/h6-7H,4-5,8H2,1-3H3,(H,14,17)(H,18,19). The first kappa shape index (κ1) is 14.9. The van der Waals surface area contributed by atoms with Crippen molar-refractivity contribution in [3.63, 3.8) is 0 Å². The molecular weight excluding hydrogens is 246 g/mol. The average molecular weight is 265 g/mol. The minimum absolute atomic E-state index is 0.137. The van der Waals surface area contributed by atoms with Crippen molar-refractivity contribution in [1.82, 2.24) is 10.3 Å². The van der Waals surface area contributed by atoms with Gasteiger partial charge in [0.2, 0.25) is 5.91 Å². The van der Waals surface area contributed by atoms with Crippen LogP contribution in [0.4, 0.5) is 5.82 Å². The van der Waals surface area contributed by atoms with Gasteiger partial charge in [-0.05, 0) is 18.6 Å². The van der Waals surface area contributed by atoms with E-state index in [1.165, 1.54) is 6.07 Å². The lowest BCUT2D eigenvalue weighted by Crippen LogP contribution is -2.33. The Morgan fingerprint density at radius 1 is 1.42 bits per heavy atom. The van der Waals surface area contributed by atoms with Crippen molar-refractivity contribution >= 4 is 17.7 Å². The number of amides is 1. The van der Waals surface area contributed by atoms with Gasteiger partial charge in [0.1, 0.15) is 5.82 Å². The summed E-state index contributed by atoms with van der Waals surface area (Å²) < 4.78 is 0. The largest absolute Gasteiger partial charge is 0.478 e. The Bertz CT molecular complexity index is 474. The molecule has 0 aliphatic rings. The molecule has 0 unspecified atom stereocenters. The number of hydrogen-bond acceptors (Lipinski definition) is 4. The number of carbonyl (C=O) groups excluding carboxylic acids is 1. The van der Waals surface area contributed by atoms with Crippen molar-refractivity contribution in [1.29, 1.82) is 0 Å². The molecule has 0 bridgehead atoms. The second-order valence-electron chi connectivity index (χ2n) is 4.29. The molecule has 1 aromatic rings. The lowest BCUT2D eigenvalue weighted by molar-refractivity contribution is -0.119. The summed E-state index contributed by atoms with van der Waals surface area (Å²) in [6.45, 7) is 2.14. The van der Waals surface area contributed by atoms with Crippen LogP contribution in [0, 0.1) is 0 Å². The summed E-state index contributed by atoms with van der Waals surface area (Å²) in [5.74, 6) is -0.650. The van der Waals surface area contributed by atoms with Gasteiger partial charge in [-0.1, -0.05) is 13.3 Å². The highest BCUT2D eigenvalue weighted by Gasteiger charge is 2.12. The van der Waals surface area contributed by atoms with Gasteiger partial charge < -0.3 is 15.3 Å². The normalized spacial score (nSPS) is 10.1. The molecule has 1 aromatic heterocycles. The van der Waals surface area contributed by atoms with Crippen LogP contribution in [0.1, 0.15) is 29.4 Å². The zero-order valence-electron chi connectivity index (χ0n) is 11.4. The number of aromatic nitrogens is 1. The number of likely N-dealkylation sites (N-methyl/N-ethyl adjacent to an activating group) is 2. The number of pyridine rings is 1. The van der Waals surface area contributed by atoms with Crippen LogP contribution in [0.5, 0.6) is 0 Å². The van der Waals surface area contributed by atoms with Gasteiger partial charge in [0.25, 0.3) is 0 Å². The molecule has 0 spiro atoms. The Hall–Kier alpha value is -2.11. The number of carboxylic acids is 1. The number of nitrogens with one attached hydrogen (secondary N) is 1. The average Bonchev–Trinajstić information content (AvgIpc) is 2.38. The van der Waals surface area contributed by atoms with Crippen molar-refractivity contribution in [2.24, 2.45) is 0 Å². The third-order valence-corrected chi connectivity index (χ3v) is 2.67. The predicted octanol–water partition coefficient (Wildman–Crippen LogP) is 0.915. The Labute approximate surface area is 112 Å². The first-order valence-electron chi connectivity index (χ1n) is 6.14. The zero-order chi connectivity index (χ0) is 14.4. The summed E-state index contributed by atoms with van der Waals surface area (Å²) in [4.78, 5) is 28.4. The molecule has 6 heteroatoms. The van der Waals surface area contributed by atoms with E-state index in [2.05, 4.69) is 10.3 Å². The molecule has 0 radical (unpaired) electrons. The summed E-state index contributed by atoms with van der Waals surface area (Å²) in [5.41, 5.74) is 0.915. The highest BCUT2D eigenvalue weighted by molar-refractivity contribution is 5.89. The topological polar surface area (TPSA) is 82.5 Å². The summed E-state index contributed by atoms with van der Waals surface area (Å²) in [7, 11) is 3.26. The molecule has 6 nitrogen and oxygen atoms in total. The van der Waals surface area contributed by atoms with Gasteiger partial charge in [0.15, 0.2) is 0 Å². The smallest absolute Gasteiger partial charge is 0.335 e. The molecular formula is C13H19N3O3. The molecule has 0 aliphatic carbocycles. The minimum Gasteiger partial charge on any atom is -0.478 e. The maximum atomic E-state index is 11.3. The first-order valence-corrected chi connectivity index (χ1v) is 6.14. The number of aromatic carboxylic acids is 1. The second kappa shape index (κ2) is 6.72. The fraction of sp³-hybridized carbons (Fsp3) is 0.462. The van der Waals surface area contributed by atoms with E-state index < -0.39 is 5.97 Å². The number of rotatable bonds is 6. The van der Waals surface area contributed by atoms with E-state index in [4.69, 9.17) is 5.11 Å². The van der Waals surface area contributed by atoms with Gasteiger partial charge in [-0.25, -0.2) is 9.78 Å². The summed E-state index contributed by atoms with van der Waals surface area (Å²) in [6.07, 6.45) is 1.59. The van der Waals surface area contributed by atoms with Crippen LogP contribution in [0.3, 0.4) is 0 Å². The Morgan fingerprint density at radius 3 is 2.63 bits per heavy atom. The number of hydrogen-bond donors (Lipinski definition) is 2. The number of anilines is 1. The van der Waals surface area contributed by atoms with Crippen LogP contribution in [0.25, 0.3) is 0 Å². The fourth-order valence-corrected chi connectivity index (χ4v) is 1.65. The van der Waals surface area contributed by atoms with Gasteiger partial charge in [-0.15, -0.1) is 0 Å². The van der Waals surface area contributed by atoms with Crippen molar-refractivity contribution in [2.75, 3.05) is 25.5 Å². The van der Waals surface area contributed by atoms with Crippen molar-refractivity contribution in [3.05, 3.63) is 23.4 Å².